The van der Waals surface area contributed by atoms with Crippen LogP contribution >= 0.6 is 25.0 Å². The SMILES string of the molecule is Cl.O=C(O)CCCn1cc(/C=C2/CN(C(C(=O)C3CC3)c3ccccc3F)CCC2S)nn1. The van der Waals surface area contributed by atoms with E-state index in [2.05, 4.69) is 15.2 Å². The van der Waals surface area contributed by atoms with Crippen LogP contribution in [0.3, 0.4) is 0 Å². The summed E-state index contributed by atoms with van der Waals surface area (Å²) in [7, 11) is 0. The Morgan fingerprint density at radius 3 is 2.73 bits per heavy atom. The van der Waals surface area contributed by atoms with Crippen molar-refractivity contribution >= 4 is 42.9 Å². The van der Waals surface area contributed by atoms with Crippen molar-refractivity contribution in [2.45, 2.75) is 49.9 Å². The Bertz CT molecular complexity index is 1030. The minimum Gasteiger partial charge on any atom is -0.481 e. The minimum absolute atomic E-state index is 0. The predicted molar refractivity (Wildman–Crippen MR) is 128 cm³/mol. The molecule has 0 radical (unpaired) electrons. The van der Waals surface area contributed by atoms with E-state index in [0.29, 0.717) is 37.3 Å². The van der Waals surface area contributed by atoms with E-state index in [0.717, 1.165) is 24.8 Å². The molecule has 2 atom stereocenters. The molecule has 2 aliphatic rings. The van der Waals surface area contributed by atoms with Crippen LogP contribution in [0.25, 0.3) is 6.08 Å². The van der Waals surface area contributed by atoms with E-state index in [4.69, 9.17) is 17.7 Å². The Morgan fingerprint density at radius 2 is 2.03 bits per heavy atom. The Morgan fingerprint density at radius 1 is 1.27 bits per heavy atom. The highest BCUT2D eigenvalue weighted by atomic mass is 35.5. The monoisotopic (exact) mass is 494 g/mol. The zero-order chi connectivity index (χ0) is 22.7. The van der Waals surface area contributed by atoms with Crippen LogP contribution in [0.2, 0.25) is 0 Å². The molecular formula is C23H28ClFN4O3S. The number of benzene rings is 1. The summed E-state index contributed by atoms with van der Waals surface area (Å²) in [4.78, 5) is 25.9. The Hall–Kier alpha value is -2.23. The second kappa shape index (κ2) is 11.3. The lowest BCUT2D eigenvalue weighted by Crippen LogP contribution is -2.42. The largest absolute Gasteiger partial charge is 0.481 e. The molecule has 1 aromatic carbocycles. The van der Waals surface area contributed by atoms with E-state index < -0.39 is 12.0 Å². The number of piperidine rings is 1. The molecule has 1 aromatic heterocycles. The molecular weight excluding hydrogens is 467 g/mol. The zero-order valence-electron chi connectivity index (χ0n) is 18.1. The van der Waals surface area contributed by atoms with Crippen LogP contribution < -0.4 is 0 Å². The first-order valence-electron chi connectivity index (χ1n) is 10.9. The molecule has 4 rings (SSSR count). The quantitative estimate of drug-likeness (QED) is 0.515. The van der Waals surface area contributed by atoms with Crippen molar-refractivity contribution in [3.8, 4) is 0 Å². The lowest BCUT2D eigenvalue weighted by atomic mass is 9.93. The number of aryl methyl sites for hydroxylation is 1. The van der Waals surface area contributed by atoms with Gasteiger partial charge in [-0.25, -0.2) is 4.39 Å². The van der Waals surface area contributed by atoms with Gasteiger partial charge in [-0.05, 0) is 43.4 Å². The maximum Gasteiger partial charge on any atom is 0.303 e. The minimum atomic E-state index is -0.835. The fourth-order valence-corrected chi connectivity index (χ4v) is 4.42. The van der Waals surface area contributed by atoms with Crippen molar-refractivity contribution < 1.29 is 19.1 Å². The molecule has 2 unspecified atom stereocenters. The van der Waals surface area contributed by atoms with E-state index in [-0.39, 0.29) is 41.6 Å². The number of likely N-dealkylation sites (tertiary alicyclic amines) is 1. The molecule has 2 aromatic rings. The number of Topliss-reactive ketones (excluding diaryl/α,β-unsaturated/α-hetero) is 1. The first-order chi connectivity index (χ1) is 15.4. The summed E-state index contributed by atoms with van der Waals surface area (Å²) in [5.41, 5.74) is 2.10. The second-order valence-electron chi connectivity index (χ2n) is 8.50. The maximum absolute atomic E-state index is 14.6. The molecule has 178 valence electrons. The molecule has 0 spiro atoms. The molecule has 1 aliphatic carbocycles. The van der Waals surface area contributed by atoms with Gasteiger partial charge in [-0.15, -0.1) is 17.5 Å². The molecule has 10 heteroatoms. The van der Waals surface area contributed by atoms with Gasteiger partial charge in [-0.1, -0.05) is 23.4 Å². The number of aromatic nitrogens is 3. The molecule has 1 saturated carbocycles. The molecule has 2 heterocycles. The third-order valence-corrected chi connectivity index (χ3v) is 6.57. The van der Waals surface area contributed by atoms with Gasteiger partial charge >= 0.3 is 5.97 Å². The number of carboxylic acid groups (broad SMARTS) is 1. The number of hydrogen-bond donors (Lipinski definition) is 2. The van der Waals surface area contributed by atoms with Crippen LogP contribution in [0.15, 0.2) is 36.0 Å². The highest BCUT2D eigenvalue weighted by Crippen LogP contribution is 2.39. The number of ketones is 1. The van der Waals surface area contributed by atoms with Gasteiger partial charge in [0.2, 0.25) is 0 Å². The number of nitrogens with zero attached hydrogens (tertiary/aromatic N) is 4. The zero-order valence-corrected chi connectivity index (χ0v) is 19.8. The molecule has 1 N–H and O–H groups in total. The van der Waals surface area contributed by atoms with Gasteiger partial charge < -0.3 is 5.11 Å². The highest BCUT2D eigenvalue weighted by Gasteiger charge is 2.40. The van der Waals surface area contributed by atoms with Crippen LogP contribution in [0, 0.1) is 11.7 Å². The molecule has 7 nitrogen and oxygen atoms in total. The number of aliphatic carboxylic acids is 1. The Labute approximate surface area is 203 Å². The fourth-order valence-electron chi connectivity index (χ4n) is 4.14. The van der Waals surface area contributed by atoms with Crippen molar-refractivity contribution in [1.82, 2.24) is 19.9 Å². The van der Waals surface area contributed by atoms with Crippen LogP contribution in [-0.4, -0.2) is 55.1 Å². The lowest BCUT2D eigenvalue weighted by molar-refractivity contribution is -0.137. The standard InChI is InChI=1S/C23H27FN4O3S.ClH/c24-19-5-2-1-4-18(19)22(23(31)15-7-8-15)27-11-9-20(32)16(13-27)12-17-14-28(26-25-17)10-3-6-21(29)30;/h1-2,4-5,12,14-15,20,22,32H,3,6-11,13H2,(H,29,30);1H/b16-12-;. The summed E-state index contributed by atoms with van der Waals surface area (Å²) in [6.45, 7) is 1.63. The first-order valence-corrected chi connectivity index (χ1v) is 11.5. The van der Waals surface area contributed by atoms with Crippen LogP contribution in [-0.2, 0) is 16.1 Å². The van der Waals surface area contributed by atoms with Crippen molar-refractivity contribution in [3.05, 3.63) is 53.1 Å². The smallest absolute Gasteiger partial charge is 0.303 e. The molecule has 2 fully saturated rings. The Balaban J connectivity index is 0.00000306. The molecule has 1 aliphatic heterocycles. The van der Waals surface area contributed by atoms with Crippen molar-refractivity contribution in [2.75, 3.05) is 13.1 Å². The van der Waals surface area contributed by atoms with E-state index in [1.54, 1.807) is 29.1 Å². The summed E-state index contributed by atoms with van der Waals surface area (Å²) >= 11 is 4.72. The topological polar surface area (TPSA) is 88.3 Å². The van der Waals surface area contributed by atoms with Gasteiger partial charge in [0.1, 0.15) is 11.5 Å². The number of halogens is 2. The normalized spacial score (nSPS) is 20.9. The molecule has 1 saturated heterocycles. The van der Waals surface area contributed by atoms with Gasteiger partial charge in [0.05, 0.1) is 12.2 Å². The fraction of sp³-hybridized carbons (Fsp3) is 0.478. The first kappa shape index (κ1) is 25.4. The average molecular weight is 495 g/mol. The van der Waals surface area contributed by atoms with Crippen LogP contribution in [0.5, 0.6) is 0 Å². The molecule has 0 amide bonds. The van der Waals surface area contributed by atoms with Gasteiger partial charge in [-0.2, -0.15) is 12.6 Å². The molecule has 33 heavy (non-hydrogen) atoms. The number of hydrogen-bond acceptors (Lipinski definition) is 6. The highest BCUT2D eigenvalue weighted by molar-refractivity contribution is 7.81. The maximum atomic E-state index is 14.6. The molecule has 0 bridgehead atoms. The van der Waals surface area contributed by atoms with Crippen molar-refractivity contribution in [1.29, 1.82) is 0 Å². The van der Waals surface area contributed by atoms with Crippen LogP contribution in [0.1, 0.15) is 49.4 Å². The average Bonchev–Trinajstić information content (AvgIpc) is 3.52. The van der Waals surface area contributed by atoms with Crippen LogP contribution in [0.4, 0.5) is 4.39 Å². The van der Waals surface area contributed by atoms with Crippen molar-refractivity contribution in [2.24, 2.45) is 5.92 Å². The number of thiol groups is 1. The summed E-state index contributed by atoms with van der Waals surface area (Å²) in [5.74, 6) is -1.07. The summed E-state index contributed by atoms with van der Waals surface area (Å²) < 4.78 is 16.3. The van der Waals surface area contributed by atoms with Gasteiger partial charge in [-0.3, -0.25) is 19.2 Å². The number of carboxylic acids is 1. The van der Waals surface area contributed by atoms with Crippen molar-refractivity contribution in [3.63, 3.8) is 0 Å². The summed E-state index contributed by atoms with van der Waals surface area (Å²) in [6.07, 6.45) is 6.75. The number of rotatable bonds is 9. The number of carbonyl (C=O) groups is 2. The summed E-state index contributed by atoms with van der Waals surface area (Å²) in [6, 6.07) is 5.94. The third kappa shape index (κ3) is 6.43. The van der Waals surface area contributed by atoms with E-state index in [1.807, 2.05) is 6.08 Å². The third-order valence-electron chi connectivity index (χ3n) is 5.99. The van der Waals surface area contributed by atoms with E-state index >= 15 is 0 Å². The van der Waals surface area contributed by atoms with E-state index in [1.165, 1.54) is 6.07 Å². The van der Waals surface area contributed by atoms with Gasteiger partial charge in [0.25, 0.3) is 0 Å². The summed E-state index contributed by atoms with van der Waals surface area (Å²) in [5, 5.41) is 17.0. The predicted octanol–water partition coefficient (Wildman–Crippen LogP) is 3.81. The van der Waals surface area contributed by atoms with E-state index in [9.17, 15) is 14.0 Å². The lowest BCUT2D eigenvalue weighted by Gasteiger charge is -2.37. The number of carbonyl (C=O) groups excluding carboxylic acids is 1. The second-order valence-corrected chi connectivity index (χ2v) is 9.12. The van der Waals surface area contributed by atoms with Gasteiger partial charge in [0.15, 0.2) is 5.78 Å². The van der Waals surface area contributed by atoms with Gasteiger partial charge in [0, 0.05) is 42.8 Å². The Kier molecular flexibility index (Phi) is 8.67.